The second kappa shape index (κ2) is 9.18. The first kappa shape index (κ1) is 22.1. The normalized spacial score (nSPS) is 18.8. The zero-order chi connectivity index (χ0) is 22.0. The first-order chi connectivity index (χ1) is 14.8. The summed E-state index contributed by atoms with van der Waals surface area (Å²) < 4.78 is 29.5. The largest absolute Gasteiger partial charge is 0.369 e. The van der Waals surface area contributed by atoms with Gasteiger partial charge < -0.3 is 10.2 Å². The lowest BCUT2D eigenvalue weighted by atomic mass is 9.95. The highest BCUT2D eigenvalue weighted by Crippen LogP contribution is 2.24. The van der Waals surface area contributed by atoms with E-state index in [1.165, 1.54) is 21.6 Å². The number of benzene rings is 1. The van der Waals surface area contributed by atoms with Crippen molar-refractivity contribution in [1.82, 2.24) is 19.4 Å². The monoisotopic (exact) mass is 465 g/mol. The van der Waals surface area contributed by atoms with Gasteiger partial charge in [0.25, 0.3) is 15.9 Å². The summed E-state index contributed by atoms with van der Waals surface area (Å²) in [5.41, 5.74) is 1.13. The molecule has 2 fully saturated rings. The summed E-state index contributed by atoms with van der Waals surface area (Å²) in [6.45, 7) is 1.75. The summed E-state index contributed by atoms with van der Waals surface area (Å²) in [5.74, 6) is -0.363. The number of hydrogen-bond donors (Lipinski definition) is 1. The average molecular weight is 466 g/mol. The molecule has 0 unspecified atom stereocenters. The molecule has 0 atom stereocenters. The van der Waals surface area contributed by atoms with E-state index in [1.54, 1.807) is 7.05 Å². The number of anilines is 1. The molecular formula is C21H28ClN5O3S. The van der Waals surface area contributed by atoms with Gasteiger partial charge in [-0.05, 0) is 37.1 Å². The van der Waals surface area contributed by atoms with Crippen LogP contribution in [0.4, 0.5) is 5.69 Å². The second-order valence-corrected chi connectivity index (χ2v) is 10.5. The summed E-state index contributed by atoms with van der Waals surface area (Å²) in [5, 5.41) is 7.66. The van der Waals surface area contributed by atoms with Gasteiger partial charge in [0, 0.05) is 56.2 Å². The van der Waals surface area contributed by atoms with E-state index in [2.05, 4.69) is 15.3 Å². The molecule has 1 aromatic heterocycles. The molecule has 168 valence electrons. The molecule has 1 aliphatic heterocycles. The fraction of sp³-hybridized carbons (Fsp3) is 0.524. The van der Waals surface area contributed by atoms with Gasteiger partial charge in [-0.2, -0.15) is 9.40 Å². The molecule has 1 saturated heterocycles. The zero-order valence-electron chi connectivity index (χ0n) is 17.6. The predicted molar refractivity (Wildman–Crippen MR) is 120 cm³/mol. The minimum Gasteiger partial charge on any atom is -0.369 e. The zero-order valence-corrected chi connectivity index (χ0v) is 19.2. The van der Waals surface area contributed by atoms with E-state index in [0.29, 0.717) is 31.2 Å². The number of sulfonamides is 1. The summed E-state index contributed by atoms with van der Waals surface area (Å²) in [4.78, 5) is 15.0. The third-order valence-corrected chi connectivity index (χ3v) is 8.08. The quantitative estimate of drug-likeness (QED) is 0.733. The van der Waals surface area contributed by atoms with E-state index < -0.39 is 10.0 Å². The van der Waals surface area contributed by atoms with Crippen LogP contribution in [0.2, 0.25) is 5.02 Å². The van der Waals surface area contributed by atoms with Crippen LogP contribution in [0, 0.1) is 0 Å². The van der Waals surface area contributed by atoms with Gasteiger partial charge in [-0.3, -0.25) is 9.48 Å². The van der Waals surface area contributed by atoms with Crippen molar-refractivity contribution in [1.29, 1.82) is 0 Å². The van der Waals surface area contributed by atoms with Gasteiger partial charge in [-0.15, -0.1) is 0 Å². The number of piperazine rings is 1. The number of aryl methyl sites for hydroxylation is 1. The van der Waals surface area contributed by atoms with E-state index in [9.17, 15) is 13.2 Å². The molecule has 2 aromatic rings. The van der Waals surface area contributed by atoms with Crippen LogP contribution in [-0.2, 0) is 17.1 Å². The maximum absolute atomic E-state index is 13.3. The molecule has 1 N–H and O–H groups in total. The van der Waals surface area contributed by atoms with Crippen molar-refractivity contribution in [2.45, 2.75) is 43.2 Å². The fourth-order valence-electron chi connectivity index (χ4n) is 4.29. The maximum atomic E-state index is 13.3. The van der Waals surface area contributed by atoms with Gasteiger partial charge in [0.1, 0.15) is 0 Å². The van der Waals surface area contributed by atoms with Crippen molar-refractivity contribution < 1.29 is 13.2 Å². The first-order valence-corrected chi connectivity index (χ1v) is 12.5. The summed E-state index contributed by atoms with van der Waals surface area (Å²) in [6.07, 6.45) is 6.71. The van der Waals surface area contributed by atoms with E-state index >= 15 is 0 Å². The first-order valence-electron chi connectivity index (χ1n) is 10.7. The van der Waals surface area contributed by atoms with Crippen LogP contribution in [-0.4, -0.2) is 60.6 Å². The summed E-state index contributed by atoms with van der Waals surface area (Å²) in [7, 11) is -2.24. The van der Waals surface area contributed by atoms with Gasteiger partial charge >= 0.3 is 0 Å². The molecule has 10 heteroatoms. The molecule has 31 heavy (non-hydrogen) atoms. The standard InChI is InChI=1S/C21H28ClN5O3S/c1-25-15-19(20(28)23-17-5-3-2-4-6-17)21(24-25)31(29,30)27-13-11-26(12-14-27)18-9-7-16(22)8-10-18/h7-10,15,17H,2-6,11-14H2,1H3,(H,23,28). The number of nitrogens with zero attached hydrogens (tertiary/aromatic N) is 4. The Balaban J connectivity index is 1.47. The SMILES string of the molecule is Cn1cc(C(=O)NC2CCCCC2)c(S(=O)(=O)N2CCN(c3ccc(Cl)cc3)CC2)n1. The molecular weight excluding hydrogens is 438 g/mol. The lowest BCUT2D eigenvalue weighted by Crippen LogP contribution is -2.49. The Labute approximate surface area is 188 Å². The molecule has 8 nitrogen and oxygen atoms in total. The molecule has 2 aliphatic rings. The van der Waals surface area contributed by atoms with Crippen LogP contribution in [0.25, 0.3) is 0 Å². The van der Waals surface area contributed by atoms with Crippen molar-refractivity contribution in [2.75, 3.05) is 31.1 Å². The Kier molecular flexibility index (Phi) is 6.55. The van der Waals surface area contributed by atoms with E-state index in [0.717, 1.165) is 31.4 Å². The van der Waals surface area contributed by atoms with Crippen LogP contribution in [0.15, 0.2) is 35.5 Å². The minimum absolute atomic E-state index is 0.0972. The second-order valence-electron chi connectivity index (χ2n) is 8.20. The minimum atomic E-state index is -3.88. The average Bonchev–Trinajstić information content (AvgIpc) is 3.18. The van der Waals surface area contributed by atoms with Crippen LogP contribution in [0.3, 0.4) is 0 Å². The highest BCUT2D eigenvalue weighted by Gasteiger charge is 2.35. The van der Waals surface area contributed by atoms with Crippen molar-refractivity contribution in [3.8, 4) is 0 Å². The van der Waals surface area contributed by atoms with Crippen LogP contribution in [0.5, 0.6) is 0 Å². The molecule has 0 spiro atoms. The third-order valence-electron chi connectivity index (χ3n) is 5.99. The smallest absolute Gasteiger partial charge is 0.263 e. The number of carbonyl (C=O) groups is 1. The Morgan fingerprint density at radius 1 is 1.06 bits per heavy atom. The topological polar surface area (TPSA) is 87.5 Å². The van der Waals surface area contributed by atoms with Gasteiger partial charge in [-0.25, -0.2) is 8.42 Å². The van der Waals surface area contributed by atoms with E-state index in [4.69, 9.17) is 11.6 Å². The Morgan fingerprint density at radius 3 is 2.35 bits per heavy atom. The number of rotatable bonds is 5. The Bertz CT molecular complexity index is 1020. The van der Waals surface area contributed by atoms with E-state index in [1.807, 2.05) is 24.3 Å². The molecule has 0 radical (unpaired) electrons. The van der Waals surface area contributed by atoms with Crippen molar-refractivity contribution >= 4 is 33.2 Å². The number of carbonyl (C=O) groups excluding carboxylic acids is 1. The van der Waals surface area contributed by atoms with Crippen molar-refractivity contribution in [3.05, 3.63) is 41.0 Å². The van der Waals surface area contributed by atoms with Crippen LogP contribution in [0.1, 0.15) is 42.5 Å². The van der Waals surface area contributed by atoms with Gasteiger partial charge in [-0.1, -0.05) is 30.9 Å². The number of nitrogens with one attached hydrogen (secondary N) is 1. The molecule has 1 amide bonds. The number of amides is 1. The molecule has 4 rings (SSSR count). The predicted octanol–water partition coefficient (Wildman–Crippen LogP) is 2.65. The van der Waals surface area contributed by atoms with Gasteiger partial charge in [0.05, 0.1) is 5.56 Å². The molecule has 2 heterocycles. The highest BCUT2D eigenvalue weighted by atomic mass is 35.5. The fourth-order valence-corrected chi connectivity index (χ4v) is 5.96. The van der Waals surface area contributed by atoms with Crippen LogP contribution >= 0.6 is 11.6 Å². The maximum Gasteiger partial charge on any atom is 0.263 e. The highest BCUT2D eigenvalue weighted by molar-refractivity contribution is 7.89. The molecule has 1 aromatic carbocycles. The molecule has 1 saturated carbocycles. The summed E-state index contributed by atoms with van der Waals surface area (Å²) >= 11 is 5.96. The number of halogens is 1. The van der Waals surface area contributed by atoms with Crippen molar-refractivity contribution in [3.63, 3.8) is 0 Å². The summed E-state index contributed by atoms with van der Waals surface area (Å²) in [6, 6.07) is 7.61. The van der Waals surface area contributed by atoms with Gasteiger partial charge in [0.2, 0.25) is 5.03 Å². The lowest BCUT2D eigenvalue weighted by molar-refractivity contribution is 0.0924. The Hall–Kier alpha value is -2.10. The van der Waals surface area contributed by atoms with E-state index in [-0.39, 0.29) is 22.5 Å². The number of hydrogen-bond acceptors (Lipinski definition) is 5. The molecule has 0 bridgehead atoms. The Morgan fingerprint density at radius 2 is 1.71 bits per heavy atom. The molecule has 1 aliphatic carbocycles. The van der Waals surface area contributed by atoms with Crippen LogP contribution < -0.4 is 10.2 Å². The number of aromatic nitrogens is 2. The lowest BCUT2D eigenvalue weighted by Gasteiger charge is -2.35. The van der Waals surface area contributed by atoms with Crippen molar-refractivity contribution in [2.24, 2.45) is 7.05 Å². The van der Waals surface area contributed by atoms with Gasteiger partial charge in [0.15, 0.2) is 0 Å². The third kappa shape index (κ3) is 4.88.